The van der Waals surface area contributed by atoms with E-state index in [1.807, 2.05) is 0 Å². The van der Waals surface area contributed by atoms with Gasteiger partial charge in [-0.2, -0.15) is 13.3 Å². The van der Waals surface area contributed by atoms with E-state index >= 15 is 0 Å². The molecule has 0 aromatic rings. The first kappa shape index (κ1) is 21.4. The molecule has 0 heterocycles. The first-order valence-corrected chi connectivity index (χ1v) is 6.09. The third kappa shape index (κ3) is 17.7. The van der Waals surface area contributed by atoms with Crippen LogP contribution in [0.1, 0.15) is 72.1 Å². The third-order valence-corrected chi connectivity index (χ3v) is 2.89. The fraction of sp³-hybridized carbons (Fsp3) is 0.857. The third-order valence-electron chi connectivity index (χ3n) is 2.89. The van der Waals surface area contributed by atoms with Crippen LogP contribution in [0.4, 0.5) is 0 Å². The van der Waals surface area contributed by atoms with Crippen molar-refractivity contribution >= 4 is 0 Å². The monoisotopic (exact) mass is 287 g/mol. The molecular weight excluding hydrogens is 257 g/mol. The van der Waals surface area contributed by atoms with Gasteiger partial charge in [-0.25, -0.2) is 0 Å². The van der Waals surface area contributed by atoms with Crippen LogP contribution in [0, 0.1) is 19.8 Å². The summed E-state index contributed by atoms with van der Waals surface area (Å²) in [4.78, 5) is 0. The zero-order valence-corrected chi connectivity index (χ0v) is 14.2. The maximum absolute atomic E-state index is 2.37. The minimum absolute atomic E-state index is 0. The van der Waals surface area contributed by atoms with Crippen molar-refractivity contribution in [3.05, 3.63) is 13.8 Å². The Morgan fingerprint density at radius 2 is 1.53 bits per heavy atom. The summed E-state index contributed by atoms with van der Waals surface area (Å²) in [5, 5.41) is 0. The summed E-state index contributed by atoms with van der Waals surface area (Å²) in [6, 6.07) is 0. The average molecular weight is 287 g/mol. The van der Waals surface area contributed by atoms with Crippen LogP contribution in [-0.4, -0.2) is 0 Å². The van der Waals surface area contributed by atoms with Crippen LogP contribution in [-0.2, 0) is 32.7 Å². The van der Waals surface area contributed by atoms with Gasteiger partial charge in [-0.05, 0) is 5.92 Å². The Morgan fingerprint density at radius 1 is 1.00 bits per heavy atom. The van der Waals surface area contributed by atoms with Gasteiger partial charge in [0.05, 0.1) is 0 Å². The molecule has 0 saturated carbocycles. The second kappa shape index (κ2) is 17.5. The molecule has 0 aliphatic heterocycles. The van der Waals surface area contributed by atoms with Crippen LogP contribution >= 0.6 is 0 Å². The standard InChI is InChI=1S/C13H27.CH3.Y/c1-4-6-7-8-9-10-11-12-13(3)5-2;;/h4,13H,5-12H2,1-3H3;1H3;/q2*-1;. The molecule has 0 bridgehead atoms. The van der Waals surface area contributed by atoms with Crippen molar-refractivity contribution in [3.63, 3.8) is 0 Å². The van der Waals surface area contributed by atoms with Crippen molar-refractivity contribution in [2.45, 2.75) is 72.1 Å². The second-order valence-electron chi connectivity index (χ2n) is 4.27. The van der Waals surface area contributed by atoms with Crippen molar-refractivity contribution in [1.82, 2.24) is 0 Å². The summed E-state index contributed by atoms with van der Waals surface area (Å²) in [6.45, 7) is 6.82. The zero-order chi connectivity index (χ0) is 9.94. The number of unbranched alkanes of at least 4 members (excludes halogenated alkanes) is 6. The Balaban J connectivity index is -0.000000720. The largest absolute Gasteiger partial charge is 0.358 e. The van der Waals surface area contributed by atoms with Crippen LogP contribution < -0.4 is 0 Å². The second-order valence-corrected chi connectivity index (χ2v) is 4.27. The fourth-order valence-corrected chi connectivity index (χ4v) is 1.58. The molecule has 1 unspecified atom stereocenters. The Bertz CT molecular complexity index is 91.3. The molecule has 0 rings (SSSR count). The van der Waals surface area contributed by atoms with E-state index in [9.17, 15) is 0 Å². The van der Waals surface area contributed by atoms with Gasteiger partial charge in [-0.1, -0.05) is 58.8 Å². The van der Waals surface area contributed by atoms with Crippen molar-refractivity contribution in [1.29, 1.82) is 0 Å². The number of hydrogen-bond donors (Lipinski definition) is 0. The Hall–Kier alpha value is 1.10. The first-order valence-electron chi connectivity index (χ1n) is 6.09. The van der Waals surface area contributed by atoms with E-state index in [1.54, 1.807) is 0 Å². The van der Waals surface area contributed by atoms with Gasteiger partial charge < -0.3 is 13.8 Å². The Labute approximate surface area is 124 Å². The summed E-state index contributed by atoms with van der Waals surface area (Å²) < 4.78 is 0. The molecule has 0 fully saturated rings. The van der Waals surface area contributed by atoms with Crippen molar-refractivity contribution in [2.75, 3.05) is 0 Å². The SMILES string of the molecule is C[CH-]CCCCCCCC(C)CC.[CH3-].[Y]. The molecule has 0 spiro atoms. The van der Waals surface area contributed by atoms with Gasteiger partial charge >= 0.3 is 0 Å². The molecule has 0 aliphatic carbocycles. The van der Waals surface area contributed by atoms with Gasteiger partial charge in [0.1, 0.15) is 0 Å². The molecule has 1 heteroatoms. The normalized spacial score (nSPS) is 11.4. The van der Waals surface area contributed by atoms with E-state index in [2.05, 4.69) is 27.2 Å². The summed E-state index contributed by atoms with van der Waals surface area (Å²) >= 11 is 0. The predicted molar refractivity (Wildman–Crippen MR) is 68.2 cm³/mol. The first-order chi connectivity index (χ1) is 6.31. The van der Waals surface area contributed by atoms with Crippen LogP contribution in [0.2, 0.25) is 0 Å². The summed E-state index contributed by atoms with van der Waals surface area (Å²) in [5.74, 6) is 0.948. The van der Waals surface area contributed by atoms with E-state index in [4.69, 9.17) is 0 Å². The minimum Gasteiger partial charge on any atom is -0.358 e. The quantitative estimate of drug-likeness (QED) is 0.391. The van der Waals surface area contributed by atoms with Gasteiger partial charge in [0.15, 0.2) is 0 Å². The van der Waals surface area contributed by atoms with E-state index < -0.39 is 0 Å². The summed E-state index contributed by atoms with van der Waals surface area (Å²) in [5.41, 5.74) is 0. The maximum atomic E-state index is 2.37. The number of rotatable bonds is 9. The maximum Gasteiger partial charge on any atom is 0 e. The molecular formula is C14H30Y-2. The van der Waals surface area contributed by atoms with Gasteiger partial charge in [0.2, 0.25) is 0 Å². The molecule has 1 radical (unpaired) electrons. The summed E-state index contributed by atoms with van der Waals surface area (Å²) in [6.07, 6.45) is 13.6. The van der Waals surface area contributed by atoms with Crippen LogP contribution in [0.5, 0.6) is 0 Å². The van der Waals surface area contributed by atoms with E-state index in [0.717, 1.165) is 5.92 Å². The molecule has 0 aliphatic rings. The van der Waals surface area contributed by atoms with Crippen molar-refractivity contribution < 1.29 is 32.7 Å². The van der Waals surface area contributed by atoms with E-state index in [-0.39, 0.29) is 40.1 Å². The molecule has 15 heavy (non-hydrogen) atoms. The van der Waals surface area contributed by atoms with Crippen molar-refractivity contribution in [2.24, 2.45) is 5.92 Å². The topological polar surface area (TPSA) is 0 Å². The Morgan fingerprint density at radius 3 is 2.07 bits per heavy atom. The predicted octanol–water partition coefficient (Wildman–Crippen LogP) is 5.44. The molecule has 0 amide bonds. The zero-order valence-electron chi connectivity index (χ0n) is 11.4. The van der Waals surface area contributed by atoms with Crippen molar-refractivity contribution in [3.8, 4) is 0 Å². The molecule has 0 nitrogen and oxygen atoms in total. The summed E-state index contributed by atoms with van der Waals surface area (Å²) in [7, 11) is 0. The molecule has 1 atom stereocenters. The van der Waals surface area contributed by atoms with Gasteiger partial charge in [0.25, 0.3) is 0 Å². The van der Waals surface area contributed by atoms with E-state index in [0.29, 0.717) is 0 Å². The Kier molecular flexibility index (Phi) is 25.0. The van der Waals surface area contributed by atoms with Gasteiger partial charge in [-0.15, -0.1) is 0 Å². The van der Waals surface area contributed by atoms with Gasteiger partial charge in [0, 0.05) is 32.7 Å². The van der Waals surface area contributed by atoms with Crippen LogP contribution in [0.3, 0.4) is 0 Å². The minimum atomic E-state index is 0. The van der Waals surface area contributed by atoms with E-state index in [1.165, 1.54) is 51.4 Å². The molecule has 0 aromatic carbocycles. The molecule has 0 saturated heterocycles. The molecule has 0 aromatic heterocycles. The smallest absolute Gasteiger partial charge is 0 e. The van der Waals surface area contributed by atoms with Gasteiger partial charge in [-0.3, -0.25) is 0 Å². The fourth-order valence-electron chi connectivity index (χ4n) is 1.58. The number of hydrogen-bond acceptors (Lipinski definition) is 0. The average Bonchev–Trinajstić information content (AvgIpc) is 2.16. The van der Waals surface area contributed by atoms with Crippen LogP contribution in [0.15, 0.2) is 0 Å². The van der Waals surface area contributed by atoms with Crippen LogP contribution in [0.25, 0.3) is 0 Å². The molecule has 91 valence electrons. The molecule has 0 N–H and O–H groups in total.